The van der Waals surface area contributed by atoms with Crippen molar-refractivity contribution in [1.82, 2.24) is 5.43 Å². The highest BCUT2D eigenvalue weighted by atomic mass is 16.2. The Morgan fingerprint density at radius 1 is 1.20 bits per heavy atom. The van der Waals surface area contributed by atoms with Crippen LogP contribution in [0.5, 0.6) is 0 Å². The number of anilines is 1. The van der Waals surface area contributed by atoms with E-state index in [9.17, 15) is 4.79 Å². The van der Waals surface area contributed by atoms with E-state index in [0.29, 0.717) is 12.8 Å². The third kappa shape index (κ3) is 6.21. The summed E-state index contributed by atoms with van der Waals surface area (Å²) < 4.78 is 0. The lowest BCUT2D eigenvalue weighted by molar-refractivity contribution is -0.121. The third-order valence-corrected chi connectivity index (χ3v) is 3.11. The molecule has 108 valence electrons. The molecule has 5 nitrogen and oxygen atoms in total. The number of nitriles is 1. The van der Waals surface area contributed by atoms with Crippen LogP contribution < -0.4 is 16.2 Å². The maximum absolute atomic E-state index is 11.0. The molecule has 0 heterocycles. The lowest BCUT2D eigenvalue weighted by atomic mass is 10.1. The fourth-order valence-corrected chi connectivity index (χ4v) is 2.03. The van der Waals surface area contributed by atoms with Crippen molar-refractivity contribution in [2.24, 2.45) is 5.84 Å². The second-order valence-corrected chi connectivity index (χ2v) is 4.61. The first-order chi connectivity index (χ1) is 9.77. The van der Waals surface area contributed by atoms with Crippen LogP contribution >= 0.6 is 0 Å². The van der Waals surface area contributed by atoms with Crippen LogP contribution in [0.15, 0.2) is 30.3 Å². The zero-order valence-corrected chi connectivity index (χ0v) is 11.7. The molecule has 0 aliphatic rings. The number of hydrogen-bond acceptors (Lipinski definition) is 4. The summed E-state index contributed by atoms with van der Waals surface area (Å²) in [6.07, 6.45) is 3.80. The van der Waals surface area contributed by atoms with E-state index < -0.39 is 0 Å². The number of nitrogens with zero attached hydrogens (tertiary/aromatic N) is 2. The first-order valence-corrected chi connectivity index (χ1v) is 6.94. The molecule has 0 saturated carbocycles. The lowest BCUT2D eigenvalue weighted by Crippen LogP contribution is -2.29. The van der Waals surface area contributed by atoms with E-state index in [1.165, 1.54) is 0 Å². The summed E-state index contributed by atoms with van der Waals surface area (Å²) in [4.78, 5) is 13.2. The van der Waals surface area contributed by atoms with Gasteiger partial charge in [0, 0.05) is 25.2 Å². The largest absolute Gasteiger partial charge is 0.371 e. The third-order valence-electron chi connectivity index (χ3n) is 3.11. The van der Waals surface area contributed by atoms with Gasteiger partial charge in [-0.15, -0.1) is 0 Å². The summed E-state index contributed by atoms with van der Waals surface area (Å²) >= 11 is 0. The van der Waals surface area contributed by atoms with Crippen LogP contribution in [0.1, 0.15) is 32.1 Å². The van der Waals surface area contributed by atoms with Crippen molar-refractivity contribution in [3.8, 4) is 6.07 Å². The first-order valence-electron chi connectivity index (χ1n) is 6.94. The molecule has 0 fully saturated rings. The van der Waals surface area contributed by atoms with Gasteiger partial charge >= 0.3 is 0 Å². The zero-order chi connectivity index (χ0) is 14.6. The van der Waals surface area contributed by atoms with Gasteiger partial charge in [-0.1, -0.05) is 24.6 Å². The van der Waals surface area contributed by atoms with Gasteiger partial charge in [-0.05, 0) is 25.0 Å². The van der Waals surface area contributed by atoms with Crippen LogP contribution in [0, 0.1) is 11.3 Å². The molecule has 0 radical (unpaired) electrons. The van der Waals surface area contributed by atoms with E-state index in [4.69, 9.17) is 11.1 Å². The number of unbranched alkanes of at least 4 members (excludes halogenated alkanes) is 2. The molecule has 20 heavy (non-hydrogen) atoms. The number of hydrazine groups is 1. The van der Waals surface area contributed by atoms with E-state index in [1.807, 2.05) is 18.2 Å². The molecule has 0 unspecified atom stereocenters. The zero-order valence-electron chi connectivity index (χ0n) is 11.7. The van der Waals surface area contributed by atoms with Gasteiger partial charge in [-0.25, -0.2) is 5.84 Å². The number of nitrogens with one attached hydrogen (secondary N) is 1. The molecule has 0 saturated heterocycles. The van der Waals surface area contributed by atoms with E-state index in [0.717, 1.165) is 38.0 Å². The summed E-state index contributed by atoms with van der Waals surface area (Å²) in [5.74, 6) is 4.91. The Morgan fingerprint density at radius 2 is 1.95 bits per heavy atom. The van der Waals surface area contributed by atoms with Crippen LogP contribution in [0.2, 0.25) is 0 Å². The number of nitrogens with two attached hydrogens (primary N) is 1. The van der Waals surface area contributed by atoms with Crippen molar-refractivity contribution in [3.63, 3.8) is 0 Å². The molecule has 1 aromatic carbocycles. The second-order valence-electron chi connectivity index (χ2n) is 4.61. The number of carbonyl (C=O) groups excluding carboxylic acids is 1. The highest BCUT2D eigenvalue weighted by Crippen LogP contribution is 2.15. The van der Waals surface area contributed by atoms with Gasteiger partial charge in [0.1, 0.15) is 0 Å². The molecule has 0 aliphatic heterocycles. The molecular formula is C15H22N4O. The van der Waals surface area contributed by atoms with E-state index in [-0.39, 0.29) is 5.91 Å². The number of para-hydroxylation sites is 1. The van der Waals surface area contributed by atoms with E-state index in [2.05, 4.69) is 28.5 Å². The summed E-state index contributed by atoms with van der Waals surface area (Å²) in [5, 5.41) is 8.73. The summed E-state index contributed by atoms with van der Waals surface area (Å²) in [7, 11) is 0. The maximum atomic E-state index is 11.0. The van der Waals surface area contributed by atoms with Crippen LogP contribution in [0.3, 0.4) is 0 Å². The highest BCUT2D eigenvalue weighted by molar-refractivity contribution is 5.75. The van der Waals surface area contributed by atoms with Crippen molar-refractivity contribution >= 4 is 11.6 Å². The normalized spacial score (nSPS) is 9.80. The molecule has 1 amide bonds. The molecule has 0 spiro atoms. The van der Waals surface area contributed by atoms with Gasteiger partial charge in [-0.2, -0.15) is 5.26 Å². The van der Waals surface area contributed by atoms with E-state index in [1.54, 1.807) is 0 Å². The summed E-state index contributed by atoms with van der Waals surface area (Å²) in [5.41, 5.74) is 3.27. The SMILES string of the molecule is N#CCCN(CCCCCC(=O)NN)c1ccccc1. The van der Waals surface area contributed by atoms with Gasteiger partial charge < -0.3 is 4.90 Å². The fourth-order valence-electron chi connectivity index (χ4n) is 2.03. The Bertz CT molecular complexity index is 427. The van der Waals surface area contributed by atoms with Crippen molar-refractivity contribution in [2.45, 2.75) is 32.1 Å². The Hall–Kier alpha value is -2.06. The van der Waals surface area contributed by atoms with Crippen LogP contribution in [-0.2, 0) is 4.79 Å². The molecular weight excluding hydrogens is 252 g/mol. The fraction of sp³-hybridized carbons (Fsp3) is 0.467. The average molecular weight is 274 g/mol. The quantitative estimate of drug-likeness (QED) is 0.312. The van der Waals surface area contributed by atoms with Gasteiger partial charge in [0.25, 0.3) is 0 Å². The molecule has 3 N–H and O–H groups in total. The van der Waals surface area contributed by atoms with Crippen LogP contribution in [0.4, 0.5) is 5.69 Å². The smallest absolute Gasteiger partial charge is 0.233 e. The van der Waals surface area contributed by atoms with Crippen molar-refractivity contribution in [3.05, 3.63) is 30.3 Å². The number of amides is 1. The Morgan fingerprint density at radius 3 is 2.60 bits per heavy atom. The standard InChI is InChI=1S/C15H22N4O/c16-11-7-13-19(14-8-3-1-4-9-14)12-6-2-5-10-15(20)18-17/h1,3-4,8-9H,2,5-7,10,12-13,17H2,(H,18,20). The van der Waals surface area contributed by atoms with Gasteiger partial charge in [0.2, 0.25) is 5.91 Å². The lowest BCUT2D eigenvalue weighted by Gasteiger charge is -2.23. The van der Waals surface area contributed by atoms with Crippen molar-refractivity contribution in [2.75, 3.05) is 18.0 Å². The maximum Gasteiger partial charge on any atom is 0.233 e. The summed E-state index contributed by atoms with van der Waals surface area (Å²) in [6.45, 7) is 1.64. The number of rotatable bonds is 9. The average Bonchev–Trinajstić information content (AvgIpc) is 2.50. The molecule has 1 aromatic rings. The van der Waals surface area contributed by atoms with Crippen molar-refractivity contribution in [1.29, 1.82) is 5.26 Å². The van der Waals surface area contributed by atoms with Crippen LogP contribution in [-0.4, -0.2) is 19.0 Å². The van der Waals surface area contributed by atoms with Crippen molar-refractivity contribution < 1.29 is 4.79 Å². The highest BCUT2D eigenvalue weighted by Gasteiger charge is 2.05. The molecule has 1 rings (SSSR count). The van der Waals surface area contributed by atoms with E-state index >= 15 is 0 Å². The molecule has 0 bridgehead atoms. The molecule has 0 aromatic heterocycles. The minimum Gasteiger partial charge on any atom is -0.371 e. The number of benzene rings is 1. The number of carbonyl (C=O) groups is 1. The molecule has 0 aliphatic carbocycles. The second kappa shape index (κ2) is 9.82. The first kappa shape index (κ1) is 16.0. The number of hydrogen-bond donors (Lipinski definition) is 2. The molecule has 0 atom stereocenters. The Kier molecular flexibility index (Phi) is 7.85. The summed E-state index contributed by atoms with van der Waals surface area (Å²) in [6, 6.07) is 12.3. The molecule has 5 heteroatoms. The Balaban J connectivity index is 2.35. The van der Waals surface area contributed by atoms with Gasteiger partial charge in [0.15, 0.2) is 0 Å². The predicted octanol–water partition coefficient (Wildman–Crippen LogP) is 1.96. The predicted molar refractivity (Wildman–Crippen MR) is 79.7 cm³/mol. The Labute approximate surface area is 120 Å². The monoisotopic (exact) mass is 274 g/mol. The minimum atomic E-state index is -0.116. The topological polar surface area (TPSA) is 82.2 Å². The van der Waals surface area contributed by atoms with Crippen LogP contribution in [0.25, 0.3) is 0 Å². The van der Waals surface area contributed by atoms with Gasteiger partial charge in [0.05, 0.1) is 12.5 Å². The van der Waals surface area contributed by atoms with Gasteiger partial charge in [-0.3, -0.25) is 10.2 Å². The minimum absolute atomic E-state index is 0.116.